The smallest absolute Gasteiger partial charge is 0.339 e. The maximum atomic E-state index is 14.7. The van der Waals surface area contributed by atoms with Crippen molar-refractivity contribution in [3.8, 4) is 5.75 Å². The minimum Gasteiger partial charge on any atom is -0.379 e. The second-order valence-corrected chi connectivity index (χ2v) is 19.2. The fourth-order valence-electron chi connectivity index (χ4n) is 12.7. The lowest BCUT2D eigenvalue weighted by Crippen LogP contribution is -2.50. The zero-order valence-corrected chi connectivity index (χ0v) is 27.1. The average molecular weight is 637 g/mol. The Hall–Kier alpha value is -1.90. The first kappa shape index (κ1) is 28.3. The van der Waals surface area contributed by atoms with Gasteiger partial charge in [-0.3, -0.25) is 4.55 Å². The lowest BCUT2D eigenvalue weighted by molar-refractivity contribution is -0.00808. The van der Waals surface area contributed by atoms with Crippen LogP contribution in [0.1, 0.15) is 112 Å². The van der Waals surface area contributed by atoms with Gasteiger partial charge >= 0.3 is 10.1 Å². The summed E-state index contributed by atoms with van der Waals surface area (Å²) in [5.41, 5.74) is 3.20. The van der Waals surface area contributed by atoms with Crippen molar-refractivity contribution < 1.29 is 25.6 Å². The highest BCUT2D eigenvalue weighted by Crippen LogP contribution is 2.63. The molecule has 0 aromatic heterocycles. The Labute approximate surface area is 262 Å². The van der Waals surface area contributed by atoms with E-state index in [1.165, 1.54) is 75.5 Å². The van der Waals surface area contributed by atoms with E-state index in [1.54, 1.807) is 0 Å². The van der Waals surface area contributed by atoms with Crippen LogP contribution in [-0.4, -0.2) is 21.4 Å². The van der Waals surface area contributed by atoms with Gasteiger partial charge in [-0.1, -0.05) is 12.1 Å². The fourth-order valence-corrected chi connectivity index (χ4v) is 14.8. The summed E-state index contributed by atoms with van der Waals surface area (Å²) in [6.07, 6.45) is 17.2. The number of hydrogen-bond donors (Lipinski definition) is 1. The van der Waals surface area contributed by atoms with E-state index in [2.05, 4.69) is 12.1 Å². The van der Waals surface area contributed by atoms with Gasteiger partial charge in [-0.25, -0.2) is 0 Å². The van der Waals surface area contributed by atoms with E-state index < -0.39 is 20.2 Å². The molecule has 0 spiro atoms. The van der Waals surface area contributed by atoms with Crippen LogP contribution in [-0.2, 0) is 43.9 Å². The summed E-state index contributed by atoms with van der Waals surface area (Å²) >= 11 is 0. The molecular formula is C36H44O6S2. The summed E-state index contributed by atoms with van der Waals surface area (Å²) < 4.78 is 69.7. The van der Waals surface area contributed by atoms with Gasteiger partial charge in [0.1, 0.15) is 10.6 Å². The summed E-state index contributed by atoms with van der Waals surface area (Å²) in [7, 11) is -8.65. The number of rotatable bonds is 6. The quantitative estimate of drug-likeness (QED) is 0.260. The van der Waals surface area contributed by atoms with Crippen molar-refractivity contribution in [1.29, 1.82) is 0 Å². The largest absolute Gasteiger partial charge is 0.379 e. The molecular weight excluding hydrogens is 593 g/mol. The normalized spacial score (nSPS) is 38.6. The number of fused-ring (bicyclic) bond motifs is 1. The molecule has 0 saturated heterocycles. The SMILES string of the molecule is O=S(=O)(O)c1ccc(OS(=O)(=O)c2cc(C34CC5CC(CC(C5)C3)C4)ccc2C23CC4CC(CC(C4)C2)C3)c2c1CCCC2. The summed E-state index contributed by atoms with van der Waals surface area (Å²) in [5.74, 6) is 4.53. The average Bonchev–Trinajstić information content (AvgIpc) is 2.95. The van der Waals surface area contributed by atoms with Gasteiger partial charge in [0.2, 0.25) is 0 Å². The molecule has 8 saturated carbocycles. The Morgan fingerprint density at radius 3 is 1.64 bits per heavy atom. The van der Waals surface area contributed by atoms with Crippen molar-refractivity contribution in [1.82, 2.24) is 0 Å². The minimum absolute atomic E-state index is 0.0648. The molecule has 0 radical (unpaired) electrons. The molecule has 9 aliphatic carbocycles. The molecule has 2 aromatic rings. The van der Waals surface area contributed by atoms with E-state index in [0.717, 1.165) is 55.4 Å². The Morgan fingerprint density at radius 2 is 1.11 bits per heavy atom. The molecule has 11 rings (SSSR count). The van der Waals surface area contributed by atoms with Gasteiger partial charge in [0.15, 0.2) is 0 Å². The molecule has 0 heterocycles. The van der Waals surface area contributed by atoms with Crippen LogP contribution < -0.4 is 4.18 Å². The van der Waals surface area contributed by atoms with Crippen LogP contribution in [0, 0.1) is 35.5 Å². The summed E-state index contributed by atoms with van der Waals surface area (Å²) in [4.78, 5) is 0.228. The molecule has 0 amide bonds. The van der Waals surface area contributed by atoms with Crippen molar-refractivity contribution in [2.75, 3.05) is 0 Å². The molecule has 9 aliphatic rings. The highest BCUT2D eigenvalue weighted by Gasteiger charge is 2.55. The van der Waals surface area contributed by atoms with Crippen LogP contribution in [0.3, 0.4) is 0 Å². The molecule has 8 bridgehead atoms. The van der Waals surface area contributed by atoms with Crippen LogP contribution in [0.4, 0.5) is 0 Å². The molecule has 8 fully saturated rings. The predicted molar refractivity (Wildman–Crippen MR) is 167 cm³/mol. The Bertz CT molecular complexity index is 1690. The van der Waals surface area contributed by atoms with Gasteiger partial charge in [0, 0.05) is 5.56 Å². The molecule has 6 nitrogen and oxygen atoms in total. The first-order valence-corrected chi connectivity index (χ1v) is 20.1. The first-order chi connectivity index (χ1) is 21.0. The molecule has 44 heavy (non-hydrogen) atoms. The maximum absolute atomic E-state index is 14.7. The van der Waals surface area contributed by atoms with Gasteiger partial charge in [-0.2, -0.15) is 16.8 Å². The van der Waals surface area contributed by atoms with Crippen molar-refractivity contribution in [2.45, 2.75) is 123 Å². The van der Waals surface area contributed by atoms with Gasteiger partial charge in [-0.15, -0.1) is 0 Å². The van der Waals surface area contributed by atoms with Crippen LogP contribution in [0.25, 0.3) is 0 Å². The van der Waals surface area contributed by atoms with Crippen molar-refractivity contribution in [2.24, 2.45) is 35.5 Å². The van der Waals surface area contributed by atoms with E-state index in [-0.39, 0.29) is 21.5 Å². The lowest BCUT2D eigenvalue weighted by atomic mass is 9.47. The van der Waals surface area contributed by atoms with E-state index in [4.69, 9.17) is 4.18 Å². The minimum atomic E-state index is -4.42. The van der Waals surface area contributed by atoms with Gasteiger partial charge in [0.25, 0.3) is 10.1 Å². The summed E-state index contributed by atoms with van der Waals surface area (Å²) in [6, 6.07) is 9.31. The Kier molecular flexibility index (Phi) is 6.16. The summed E-state index contributed by atoms with van der Waals surface area (Å²) in [6.45, 7) is 0. The maximum Gasteiger partial charge on any atom is 0.339 e. The van der Waals surface area contributed by atoms with Crippen molar-refractivity contribution in [3.63, 3.8) is 0 Å². The van der Waals surface area contributed by atoms with E-state index >= 15 is 0 Å². The second-order valence-electron chi connectivity index (χ2n) is 16.3. The first-order valence-electron chi connectivity index (χ1n) is 17.2. The zero-order chi connectivity index (χ0) is 30.1. The number of hydrogen-bond acceptors (Lipinski definition) is 5. The van der Waals surface area contributed by atoms with E-state index in [9.17, 15) is 21.4 Å². The Balaban J connectivity index is 1.17. The highest BCUT2D eigenvalue weighted by atomic mass is 32.2. The van der Waals surface area contributed by atoms with Gasteiger partial charge < -0.3 is 4.18 Å². The third-order valence-corrected chi connectivity index (χ3v) is 15.7. The zero-order valence-electron chi connectivity index (χ0n) is 25.5. The van der Waals surface area contributed by atoms with Crippen LogP contribution in [0.5, 0.6) is 5.75 Å². The monoisotopic (exact) mass is 636 g/mol. The highest BCUT2D eigenvalue weighted by molar-refractivity contribution is 7.87. The lowest BCUT2D eigenvalue weighted by Gasteiger charge is -2.58. The third kappa shape index (κ3) is 4.40. The van der Waals surface area contributed by atoms with Crippen molar-refractivity contribution in [3.05, 3.63) is 52.6 Å². The van der Waals surface area contributed by atoms with Crippen LogP contribution in [0.15, 0.2) is 40.1 Å². The van der Waals surface area contributed by atoms with E-state index in [0.29, 0.717) is 46.6 Å². The van der Waals surface area contributed by atoms with Crippen LogP contribution >= 0.6 is 0 Å². The fraction of sp³-hybridized carbons (Fsp3) is 0.667. The summed E-state index contributed by atoms with van der Waals surface area (Å²) in [5, 5.41) is 0. The predicted octanol–water partition coefficient (Wildman–Crippen LogP) is 7.52. The molecule has 8 heteroatoms. The van der Waals surface area contributed by atoms with E-state index in [1.807, 2.05) is 6.07 Å². The van der Waals surface area contributed by atoms with Crippen molar-refractivity contribution >= 4 is 20.2 Å². The van der Waals surface area contributed by atoms with Gasteiger partial charge in [-0.05, 0) is 184 Å². The standard InChI is InChI=1S/C36H44O6S2/c37-43(38,39)33-8-7-32(29-3-1-2-4-30(29)33)42-44(40,41)34-15-28(35-16-22-9-23(17-35)11-24(10-22)18-35)5-6-31(34)36-19-25-12-26(20-36)14-27(13-25)21-36/h5-8,15,22-27H,1-4,9-14,16-21H2,(H,37,38,39). The number of benzene rings is 2. The molecule has 0 atom stereocenters. The van der Waals surface area contributed by atoms with Gasteiger partial charge in [0.05, 0.1) is 4.90 Å². The molecule has 0 aliphatic heterocycles. The molecule has 2 aromatic carbocycles. The second kappa shape index (κ2) is 9.57. The Morgan fingerprint density at radius 1 is 0.614 bits per heavy atom. The molecule has 236 valence electrons. The van der Waals surface area contributed by atoms with Crippen LogP contribution in [0.2, 0.25) is 0 Å². The topological polar surface area (TPSA) is 97.7 Å². The molecule has 1 N–H and O–H groups in total. The third-order valence-electron chi connectivity index (χ3n) is 13.4. The molecule has 0 unspecified atom stereocenters.